The Morgan fingerprint density at radius 2 is 1.52 bits per heavy atom. The van der Waals surface area contributed by atoms with Crippen LogP contribution in [0.25, 0.3) is 0 Å². The third-order valence-electron chi connectivity index (χ3n) is 4.77. The van der Waals surface area contributed by atoms with Crippen molar-refractivity contribution in [3.8, 4) is 0 Å². The van der Waals surface area contributed by atoms with Crippen molar-refractivity contribution in [2.75, 3.05) is 10.0 Å². The maximum Gasteiger partial charge on any atom is 0.303 e. The predicted octanol–water partition coefficient (Wildman–Crippen LogP) is 5.37. The molecule has 0 spiro atoms. The van der Waals surface area contributed by atoms with Crippen molar-refractivity contribution in [2.24, 2.45) is 0 Å². The summed E-state index contributed by atoms with van der Waals surface area (Å²) in [6.45, 7) is 1.78. The summed E-state index contributed by atoms with van der Waals surface area (Å²) < 4.78 is 28.2. The molecule has 172 valence electrons. The van der Waals surface area contributed by atoms with Crippen LogP contribution in [0.5, 0.6) is 0 Å². The second-order valence-electron chi connectivity index (χ2n) is 7.25. The molecule has 0 unspecified atom stereocenters. The van der Waals surface area contributed by atoms with E-state index in [0.29, 0.717) is 16.3 Å². The van der Waals surface area contributed by atoms with Gasteiger partial charge in [-0.25, -0.2) is 8.42 Å². The molecule has 0 radical (unpaired) electrons. The molecule has 3 rings (SSSR count). The molecule has 3 aromatic rings. The van der Waals surface area contributed by atoms with E-state index in [4.69, 9.17) is 28.3 Å². The van der Waals surface area contributed by atoms with Gasteiger partial charge in [0.15, 0.2) is 0 Å². The van der Waals surface area contributed by atoms with Crippen LogP contribution in [0, 0.1) is 6.92 Å². The second-order valence-corrected chi connectivity index (χ2v) is 9.80. The monoisotopic (exact) mass is 506 g/mol. The van der Waals surface area contributed by atoms with E-state index in [9.17, 15) is 18.0 Å². The SMILES string of the molecule is Cc1cc(Cl)ccc1NC(=O)c1cc(Cl)ccc1NS(=O)(=O)c1ccc(CCC(=O)O)cc1. The summed E-state index contributed by atoms with van der Waals surface area (Å²) in [6.07, 6.45) is 0.232. The third-order valence-corrected chi connectivity index (χ3v) is 6.62. The Bertz CT molecular complexity index is 1310. The van der Waals surface area contributed by atoms with E-state index in [2.05, 4.69) is 10.0 Å². The van der Waals surface area contributed by atoms with Crippen LogP contribution in [0.3, 0.4) is 0 Å². The summed E-state index contributed by atoms with van der Waals surface area (Å²) in [7, 11) is -4.02. The summed E-state index contributed by atoms with van der Waals surface area (Å²) >= 11 is 12.0. The molecule has 0 aliphatic rings. The molecule has 1 amide bonds. The summed E-state index contributed by atoms with van der Waals surface area (Å²) in [5.74, 6) is -1.49. The molecule has 3 aromatic carbocycles. The molecule has 3 N–H and O–H groups in total. The maximum absolute atomic E-state index is 12.9. The number of benzene rings is 3. The van der Waals surface area contributed by atoms with Crippen LogP contribution in [0.4, 0.5) is 11.4 Å². The van der Waals surface area contributed by atoms with Crippen LogP contribution in [0.1, 0.15) is 27.9 Å². The minimum atomic E-state index is -4.02. The Balaban J connectivity index is 1.84. The van der Waals surface area contributed by atoms with Crippen molar-refractivity contribution in [2.45, 2.75) is 24.7 Å². The summed E-state index contributed by atoms with van der Waals surface area (Å²) in [4.78, 5) is 23.6. The largest absolute Gasteiger partial charge is 0.481 e. The average molecular weight is 507 g/mol. The van der Waals surface area contributed by atoms with E-state index in [-0.39, 0.29) is 34.0 Å². The Labute approximate surface area is 201 Å². The number of amides is 1. The number of sulfonamides is 1. The summed E-state index contributed by atoms with van der Waals surface area (Å²) in [6, 6.07) is 15.1. The van der Waals surface area contributed by atoms with Crippen LogP contribution < -0.4 is 10.0 Å². The van der Waals surface area contributed by atoms with E-state index < -0.39 is 21.9 Å². The van der Waals surface area contributed by atoms with Gasteiger partial charge < -0.3 is 10.4 Å². The number of hydrogen-bond acceptors (Lipinski definition) is 4. The minimum absolute atomic E-state index is 0.0311. The van der Waals surface area contributed by atoms with Gasteiger partial charge in [-0.3, -0.25) is 14.3 Å². The first-order chi connectivity index (χ1) is 15.5. The van der Waals surface area contributed by atoms with Crippen LogP contribution in [0.15, 0.2) is 65.6 Å². The van der Waals surface area contributed by atoms with Gasteiger partial charge in [0.05, 0.1) is 16.1 Å². The molecule has 0 aliphatic carbocycles. The molecule has 0 saturated heterocycles. The van der Waals surface area contributed by atoms with E-state index in [1.54, 1.807) is 37.3 Å². The number of nitrogens with one attached hydrogen (secondary N) is 2. The lowest BCUT2D eigenvalue weighted by Gasteiger charge is -2.14. The van der Waals surface area contributed by atoms with Gasteiger partial charge in [0.2, 0.25) is 0 Å². The molecule has 0 heterocycles. The van der Waals surface area contributed by atoms with Crippen molar-refractivity contribution in [3.05, 3.63) is 87.4 Å². The highest BCUT2D eigenvalue weighted by Gasteiger charge is 2.20. The van der Waals surface area contributed by atoms with Gasteiger partial charge in [0.25, 0.3) is 15.9 Å². The number of carboxylic acid groups (broad SMARTS) is 1. The molecule has 0 aliphatic heterocycles. The van der Waals surface area contributed by atoms with Gasteiger partial charge in [0.1, 0.15) is 0 Å². The zero-order chi connectivity index (χ0) is 24.2. The van der Waals surface area contributed by atoms with Crippen LogP contribution in [-0.4, -0.2) is 25.4 Å². The fraction of sp³-hybridized carbons (Fsp3) is 0.130. The number of aliphatic carboxylic acids is 1. The highest BCUT2D eigenvalue weighted by Crippen LogP contribution is 2.26. The topological polar surface area (TPSA) is 113 Å². The van der Waals surface area contributed by atoms with Crippen LogP contribution in [0.2, 0.25) is 10.0 Å². The number of hydrogen-bond donors (Lipinski definition) is 3. The van der Waals surface area contributed by atoms with Gasteiger partial charge in [-0.05, 0) is 73.0 Å². The number of carbonyl (C=O) groups is 2. The van der Waals surface area contributed by atoms with Crippen molar-refractivity contribution in [1.29, 1.82) is 0 Å². The molecular formula is C23H20Cl2N2O5S. The van der Waals surface area contributed by atoms with Crippen molar-refractivity contribution in [3.63, 3.8) is 0 Å². The van der Waals surface area contributed by atoms with Crippen molar-refractivity contribution in [1.82, 2.24) is 0 Å². The van der Waals surface area contributed by atoms with Gasteiger partial charge in [-0.1, -0.05) is 35.3 Å². The third kappa shape index (κ3) is 6.47. The molecule has 0 atom stereocenters. The highest BCUT2D eigenvalue weighted by molar-refractivity contribution is 7.92. The lowest BCUT2D eigenvalue weighted by atomic mass is 10.1. The number of carbonyl (C=O) groups excluding carboxylic acids is 1. The zero-order valence-electron chi connectivity index (χ0n) is 17.4. The normalized spacial score (nSPS) is 11.1. The Morgan fingerprint density at radius 3 is 2.12 bits per heavy atom. The summed E-state index contributed by atoms with van der Waals surface area (Å²) in [5.41, 5.74) is 2.05. The molecule has 0 aromatic heterocycles. The summed E-state index contributed by atoms with van der Waals surface area (Å²) in [5, 5.41) is 12.3. The lowest BCUT2D eigenvalue weighted by Crippen LogP contribution is -2.19. The quantitative estimate of drug-likeness (QED) is 0.379. The fourth-order valence-electron chi connectivity index (χ4n) is 3.04. The number of aryl methyl sites for hydroxylation is 2. The first-order valence-corrected chi connectivity index (χ1v) is 12.0. The number of halogens is 2. The Kier molecular flexibility index (Phi) is 7.63. The molecular weight excluding hydrogens is 487 g/mol. The number of rotatable bonds is 8. The predicted molar refractivity (Wildman–Crippen MR) is 129 cm³/mol. The smallest absolute Gasteiger partial charge is 0.303 e. The average Bonchev–Trinajstić information content (AvgIpc) is 2.75. The molecule has 33 heavy (non-hydrogen) atoms. The Hall–Kier alpha value is -3.07. The number of carboxylic acids is 1. The fourth-order valence-corrected chi connectivity index (χ4v) is 4.52. The van der Waals surface area contributed by atoms with E-state index in [0.717, 1.165) is 5.56 Å². The molecule has 10 heteroatoms. The first kappa shape index (κ1) is 24.6. The maximum atomic E-state index is 12.9. The second kappa shape index (κ2) is 10.2. The van der Waals surface area contributed by atoms with Gasteiger partial charge in [-0.15, -0.1) is 0 Å². The highest BCUT2D eigenvalue weighted by atomic mass is 35.5. The van der Waals surface area contributed by atoms with Crippen molar-refractivity contribution >= 4 is 56.5 Å². The lowest BCUT2D eigenvalue weighted by molar-refractivity contribution is -0.136. The van der Waals surface area contributed by atoms with Crippen LogP contribution in [-0.2, 0) is 21.2 Å². The van der Waals surface area contributed by atoms with Gasteiger partial charge in [0, 0.05) is 22.2 Å². The zero-order valence-corrected chi connectivity index (χ0v) is 19.8. The molecule has 0 fully saturated rings. The molecule has 0 bridgehead atoms. The standard InChI is InChI=1S/C23H20Cl2N2O5S/c1-14-12-16(24)5-9-20(14)26-23(30)19-13-17(25)6-10-21(19)27-33(31,32)18-7-2-15(3-8-18)4-11-22(28)29/h2-3,5-10,12-13,27H,4,11H2,1H3,(H,26,30)(H,28,29). The number of anilines is 2. The minimum Gasteiger partial charge on any atom is -0.481 e. The molecule has 0 saturated carbocycles. The van der Waals surface area contributed by atoms with E-state index in [1.165, 1.54) is 30.3 Å². The van der Waals surface area contributed by atoms with E-state index in [1.807, 2.05) is 0 Å². The molecule has 7 nitrogen and oxygen atoms in total. The van der Waals surface area contributed by atoms with Gasteiger partial charge in [-0.2, -0.15) is 0 Å². The van der Waals surface area contributed by atoms with Crippen LogP contribution >= 0.6 is 23.2 Å². The Morgan fingerprint density at radius 1 is 0.909 bits per heavy atom. The van der Waals surface area contributed by atoms with Gasteiger partial charge >= 0.3 is 5.97 Å². The van der Waals surface area contributed by atoms with Crippen molar-refractivity contribution < 1.29 is 23.1 Å². The first-order valence-electron chi connectivity index (χ1n) is 9.76. The van der Waals surface area contributed by atoms with E-state index >= 15 is 0 Å².